The Kier molecular flexibility index (Phi) is 3.28. The van der Waals surface area contributed by atoms with Crippen LogP contribution in [0.1, 0.15) is 18.1 Å². The monoisotopic (exact) mass is 206 g/mol. The Balaban J connectivity index is 3.10. The SMILES string of the molecule is C/C(=N\N=C(N)N)c1cc(C)ccc1O. The third-order valence-electron chi connectivity index (χ3n) is 1.86. The molecule has 15 heavy (non-hydrogen) atoms. The fraction of sp³-hybridized carbons (Fsp3) is 0.200. The van der Waals surface area contributed by atoms with Crippen LogP contribution in [0.25, 0.3) is 0 Å². The number of hydrogen-bond acceptors (Lipinski definition) is 3. The Morgan fingerprint density at radius 3 is 2.53 bits per heavy atom. The van der Waals surface area contributed by atoms with Crippen LogP contribution in [0, 0.1) is 6.92 Å². The summed E-state index contributed by atoms with van der Waals surface area (Å²) in [6.07, 6.45) is 0. The zero-order valence-electron chi connectivity index (χ0n) is 8.73. The molecule has 0 saturated carbocycles. The van der Waals surface area contributed by atoms with Crippen LogP contribution in [0.2, 0.25) is 0 Å². The quantitative estimate of drug-likeness (QED) is 0.377. The van der Waals surface area contributed by atoms with Crippen LogP contribution in [0.4, 0.5) is 0 Å². The number of aryl methyl sites for hydroxylation is 1. The molecule has 0 fully saturated rings. The third-order valence-corrected chi connectivity index (χ3v) is 1.86. The van der Waals surface area contributed by atoms with Crippen molar-refractivity contribution in [3.8, 4) is 5.75 Å². The van der Waals surface area contributed by atoms with Gasteiger partial charge in [-0.05, 0) is 26.0 Å². The summed E-state index contributed by atoms with van der Waals surface area (Å²) in [5.74, 6) is 0.0501. The molecule has 0 amide bonds. The van der Waals surface area contributed by atoms with E-state index in [1.807, 2.05) is 19.1 Å². The first-order valence-electron chi connectivity index (χ1n) is 4.44. The summed E-state index contributed by atoms with van der Waals surface area (Å²) in [5.41, 5.74) is 12.5. The Morgan fingerprint density at radius 1 is 1.27 bits per heavy atom. The summed E-state index contributed by atoms with van der Waals surface area (Å²) in [4.78, 5) is 0. The normalized spacial score (nSPS) is 11.2. The van der Waals surface area contributed by atoms with Crippen LogP contribution in [-0.4, -0.2) is 16.8 Å². The van der Waals surface area contributed by atoms with Crippen LogP contribution in [0.5, 0.6) is 5.75 Å². The van der Waals surface area contributed by atoms with Crippen LogP contribution < -0.4 is 11.5 Å². The number of hydrogen-bond donors (Lipinski definition) is 3. The molecule has 0 aliphatic rings. The van der Waals surface area contributed by atoms with Crippen LogP contribution in [0.3, 0.4) is 0 Å². The number of phenols is 1. The van der Waals surface area contributed by atoms with Crippen molar-refractivity contribution in [2.75, 3.05) is 0 Å². The highest BCUT2D eigenvalue weighted by Gasteiger charge is 2.04. The van der Waals surface area contributed by atoms with Crippen LogP contribution in [-0.2, 0) is 0 Å². The zero-order valence-corrected chi connectivity index (χ0v) is 8.73. The van der Waals surface area contributed by atoms with E-state index in [4.69, 9.17) is 11.5 Å². The molecular weight excluding hydrogens is 192 g/mol. The lowest BCUT2D eigenvalue weighted by Gasteiger charge is -2.03. The van der Waals surface area contributed by atoms with Gasteiger partial charge in [0.2, 0.25) is 5.96 Å². The van der Waals surface area contributed by atoms with Crippen molar-refractivity contribution in [2.24, 2.45) is 21.7 Å². The predicted octanol–water partition coefficient (Wildman–Crippen LogP) is 0.698. The van der Waals surface area contributed by atoms with Gasteiger partial charge in [-0.15, -0.1) is 5.10 Å². The van der Waals surface area contributed by atoms with Gasteiger partial charge in [-0.25, -0.2) is 0 Å². The van der Waals surface area contributed by atoms with Crippen LogP contribution >= 0.6 is 0 Å². The lowest BCUT2D eigenvalue weighted by molar-refractivity contribution is 0.474. The molecule has 5 N–H and O–H groups in total. The number of rotatable bonds is 2. The number of guanidine groups is 1. The fourth-order valence-electron chi connectivity index (χ4n) is 1.13. The molecular formula is C10H14N4O. The van der Waals surface area contributed by atoms with Gasteiger partial charge in [-0.2, -0.15) is 5.10 Å². The molecule has 0 spiro atoms. The van der Waals surface area contributed by atoms with E-state index in [0.29, 0.717) is 11.3 Å². The van der Waals surface area contributed by atoms with E-state index >= 15 is 0 Å². The summed E-state index contributed by atoms with van der Waals surface area (Å²) in [7, 11) is 0. The van der Waals surface area contributed by atoms with Gasteiger partial charge in [0, 0.05) is 5.56 Å². The molecule has 80 valence electrons. The number of aromatic hydroxyl groups is 1. The Labute approximate surface area is 88.1 Å². The first-order valence-corrected chi connectivity index (χ1v) is 4.44. The van der Waals surface area contributed by atoms with Gasteiger partial charge in [0.1, 0.15) is 5.75 Å². The highest BCUT2D eigenvalue weighted by Crippen LogP contribution is 2.18. The molecule has 1 rings (SSSR count). The summed E-state index contributed by atoms with van der Waals surface area (Å²) in [5, 5.41) is 16.9. The van der Waals surface area contributed by atoms with E-state index in [2.05, 4.69) is 10.2 Å². The van der Waals surface area contributed by atoms with Crippen molar-refractivity contribution >= 4 is 11.7 Å². The molecule has 5 nitrogen and oxygen atoms in total. The lowest BCUT2D eigenvalue weighted by Crippen LogP contribution is -2.22. The van der Waals surface area contributed by atoms with Gasteiger partial charge in [0.05, 0.1) is 5.71 Å². The van der Waals surface area contributed by atoms with Crippen molar-refractivity contribution in [2.45, 2.75) is 13.8 Å². The number of nitrogens with zero attached hydrogens (tertiary/aromatic N) is 2. The Hall–Kier alpha value is -2.04. The second-order valence-corrected chi connectivity index (χ2v) is 3.23. The van der Waals surface area contributed by atoms with Gasteiger partial charge in [0.25, 0.3) is 0 Å². The minimum absolute atomic E-state index is 0.110. The molecule has 0 bridgehead atoms. The average molecular weight is 206 g/mol. The largest absolute Gasteiger partial charge is 0.507 e. The van der Waals surface area contributed by atoms with Crippen molar-refractivity contribution in [1.29, 1.82) is 0 Å². The van der Waals surface area contributed by atoms with Crippen LogP contribution in [0.15, 0.2) is 28.4 Å². The molecule has 0 heterocycles. The molecule has 5 heteroatoms. The first kappa shape index (κ1) is 11.0. The highest BCUT2D eigenvalue weighted by atomic mass is 16.3. The van der Waals surface area contributed by atoms with E-state index in [0.717, 1.165) is 5.56 Å². The maximum absolute atomic E-state index is 9.58. The molecule has 0 aliphatic heterocycles. The van der Waals surface area contributed by atoms with E-state index in [9.17, 15) is 5.11 Å². The van der Waals surface area contributed by atoms with E-state index in [1.165, 1.54) is 0 Å². The molecule has 0 radical (unpaired) electrons. The summed E-state index contributed by atoms with van der Waals surface area (Å²) in [6, 6.07) is 5.24. The predicted molar refractivity (Wildman–Crippen MR) is 60.9 cm³/mol. The second-order valence-electron chi connectivity index (χ2n) is 3.23. The van der Waals surface area contributed by atoms with Crippen molar-refractivity contribution < 1.29 is 5.11 Å². The number of nitrogens with two attached hydrogens (primary N) is 2. The maximum atomic E-state index is 9.58. The molecule has 0 saturated heterocycles. The van der Waals surface area contributed by atoms with Crippen molar-refractivity contribution in [3.05, 3.63) is 29.3 Å². The van der Waals surface area contributed by atoms with Gasteiger partial charge in [-0.3, -0.25) is 0 Å². The minimum atomic E-state index is -0.110. The number of phenolic OH excluding ortho intramolecular Hbond substituents is 1. The maximum Gasteiger partial charge on any atom is 0.211 e. The molecule has 0 aliphatic carbocycles. The summed E-state index contributed by atoms with van der Waals surface area (Å²) in [6.45, 7) is 3.65. The fourth-order valence-corrected chi connectivity index (χ4v) is 1.13. The first-order chi connectivity index (χ1) is 7.00. The molecule has 0 unspecified atom stereocenters. The third kappa shape index (κ3) is 2.98. The Bertz CT molecular complexity index is 419. The average Bonchev–Trinajstić information content (AvgIpc) is 2.18. The Morgan fingerprint density at radius 2 is 1.93 bits per heavy atom. The second kappa shape index (κ2) is 4.45. The van der Waals surface area contributed by atoms with Gasteiger partial charge in [-0.1, -0.05) is 11.6 Å². The van der Waals surface area contributed by atoms with E-state index < -0.39 is 0 Å². The van der Waals surface area contributed by atoms with Gasteiger partial charge >= 0.3 is 0 Å². The van der Waals surface area contributed by atoms with Gasteiger partial charge < -0.3 is 16.6 Å². The zero-order chi connectivity index (χ0) is 11.4. The number of benzene rings is 1. The van der Waals surface area contributed by atoms with Gasteiger partial charge in [0.15, 0.2) is 0 Å². The lowest BCUT2D eigenvalue weighted by atomic mass is 10.1. The topological polar surface area (TPSA) is 97.0 Å². The molecule has 0 atom stereocenters. The molecule has 1 aromatic carbocycles. The minimum Gasteiger partial charge on any atom is -0.507 e. The van der Waals surface area contributed by atoms with E-state index in [-0.39, 0.29) is 11.7 Å². The van der Waals surface area contributed by atoms with E-state index in [1.54, 1.807) is 13.0 Å². The standard InChI is InChI=1S/C10H14N4O/c1-6-3-4-9(15)8(5-6)7(2)13-14-10(11)12/h3-5,15H,1-2H3,(H4,11,12,14)/b13-7+. The van der Waals surface area contributed by atoms with Crippen molar-refractivity contribution in [3.63, 3.8) is 0 Å². The highest BCUT2D eigenvalue weighted by molar-refractivity contribution is 6.01. The van der Waals surface area contributed by atoms with Crippen molar-refractivity contribution in [1.82, 2.24) is 0 Å². The smallest absolute Gasteiger partial charge is 0.211 e. The summed E-state index contributed by atoms with van der Waals surface area (Å²) >= 11 is 0. The summed E-state index contributed by atoms with van der Waals surface area (Å²) < 4.78 is 0. The molecule has 0 aromatic heterocycles. The molecule has 1 aromatic rings.